The summed E-state index contributed by atoms with van der Waals surface area (Å²) in [5.41, 5.74) is 1.85. The van der Waals surface area contributed by atoms with Crippen LogP contribution in [0.5, 0.6) is 0 Å². The normalized spacial score (nSPS) is 11.4. The smallest absolute Gasteiger partial charge is 0.0957 e. The number of aliphatic hydroxyl groups excluding tert-OH is 1. The zero-order valence-corrected chi connectivity index (χ0v) is 8.44. The molecule has 0 unspecified atom stereocenters. The van der Waals surface area contributed by atoms with E-state index in [4.69, 9.17) is 5.11 Å². The van der Waals surface area contributed by atoms with Crippen LogP contribution in [0.1, 0.15) is 25.6 Å². The van der Waals surface area contributed by atoms with Crippen LogP contribution in [0.3, 0.4) is 0 Å². The number of aromatic nitrogens is 2. The average molecular weight is 190 g/mol. The second-order valence-electron chi connectivity index (χ2n) is 3.66. The Bertz CT molecular complexity index is 445. The Balaban J connectivity index is 2.73. The van der Waals surface area contributed by atoms with Crippen molar-refractivity contribution in [2.75, 3.05) is 0 Å². The molecule has 3 nitrogen and oxygen atoms in total. The van der Waals surface area contributed by atoms with Gasteiger partial charge < -0.3 is 5.11 Å². The standard InChI is InChI=1S/C11H14N2O/c1-8(2)13-11-6-4-3-5-9(11)10(7-14)12-13/h3-6,8,14H,7H2,1-2H3. The van der Waals surface area contributed by atoms with Gasteiger partial charge in [0.2, 0.25) is 0 Å². The summed E-state index contributed by atoms with van der Waals surface area (Å²) in [4.78, 5) is 0. The quantitative estimate of drug-likeness (QED) is 0.787. The largest absolute Gasteiger partial charge is 0.390 e. The molecule has 0 spiro atoms. The Hall–Kier alpha value is -1.35. The van der Waals surface area contributed by atoms with Crippen LogP contribution < -0.4 is 0 Å². The average Bonchev–Trinajstić information content (AvgIpc) is 2.56. The van der Waals surface area contributed by atoms with Crippen LogP contribution in [-0.4, -0.2) is 14.9 Å². The number of hydrogen-bond acceptors (Lipinski definition) is 2. The maximum absolute atomic E-state index is 9.15. The number of fused-ring (bicyclic) bond motifs is 1. The molecule has 1 aromatic heterocycles. The van der Waals surface area contributed by atoms with Crippen molar-refractivity contribution in [3.8, 4) is 0 Å². The van der Waals surface area contributed by atoms with Crippen LogP contribution in [0.4, 0.5) is 0 Å². The van der Waals surface area contributed by atoms with Crippen molar-refractivity contribution in [1.82, 2.24) is 9.78 Å². The Morgan fingerprint density at radius 2 is 2.07 bits per heavy atom. The molecule has 0 aliphatic heterocycles. The van der Waals surface area contributed by atoms with Crippen LogP contribution in [0.2, 0.25) is 0 Å². The molecular weight excluding hydrogens is 176 g/mol. The molecule has 1 heterocycles. The van der Waals surface area contributed by atoms with E-state index in [-0.39, 0.29) is 6.61 Å². The summed E-state index contributed by atoms with van der Waals surface area (Å²) in [5.74, 6) is 0. The lowest BCUT2D eigenvalue weighted by Crippen LogP contribution is -2.02. The van der Waals surface area contributed by atoms with E-state index < -0.39 is 0 Å². The highest BCUT2D eigenvalue weighted by Crippen LogP contribution is 2.21. The molecule has 74 valence electrons. The zero-order valence-electron chi connectivity index (χ0n) is 8.44. The fraction of sp³-hybridized carbons (Fsp3) is 0.364. The summed E-state index contributed by atoms with van der Waals surface area (Å²) in [6.07, 6.45) is 0. The first-order chi connectivity index (χ1) is 6.74. The molecule has 2 aromatic rings. The van der Waals surface area contributed by atoms with Gasteiger partial charge in [-0.25, -0.2) is 0 Å². The van der Waals surface area contributed by atoms with E-state index in [9.17, 15) is 0 Å². The van der Waals surface area contributed by atoms with Crippen molar-refractivity contribution >= 4 is 10.9 Å². The first kappa shape index (κ1) is 9.21. The molecule has 0 radical (unpaired) electrons. The number of para-hydroxylation sites is 1. The van der Waals surface area contributed by atoms with Gasteiger partial charge in [0.15, 0.2) is 0 Å². The minimum absolute atomic E-state index is 0.000231. The van der Waals surface area contributed by atoms with Gasteiger partial charge in [-0.3, -0.25) is 4.68 Å². The van der Waals surface area contributed by atoms with E-state index in [0.717, 1.165) is 16.6 Å². The third-order valence-corrected chi connectivity index (χ3v) is 2.33. The molecule has 2 rings (SSSR count). The Morgan fingerprint density at radius 1 is 1.36 bits per heavy atom. The molecule has 0 bridgehead atoms. The third-order valence-electron chi connectivity index (χ3n) is 2.33. The number of benzene rings is 1. The molecule has 14 heavy (non-hydrogen) atoms. The minimum Gasteiger partial charge on any atom is -0.390 e. The Labute approximate surface area is 83.0 Å². The van der Waals surface area contributed by atoms with Gasteiger partial charge in [-0.15, -0.1) is 0 Å². The zero-order chi connectivity index (χ0) is 10.1. The monoisotopic (exact) mass is 190 g/mol. The summed E-state index contributed by atoms with van der Waals surface area (Å²) >= 11 is 0. The van der Waals surface area contributed by atoms with Crippen LogP contribution in [0.15, 0.2) is 24.3 Å². The first-order valence-corrected chi connectivity index (χ1v) is 4.81. The Kier molecular flexibility index (Phi) is 2.25. The fourth-order valence-electron chi connectivity index (χ4n) is 1.67. The SMILES string of the molecule is CC(C)n1nc(CO)c2ccccc21. The summed E-state index contributed by atoms with van der Waals surface area (Å²) in [5, 5.41) is 14.6. The van der Waals surface area contributed by atoms with Crippen molar-refractivity contribution in [2.45, 2.75) is 26.5 Å². The lowest BCUT2D eigenvalue weighted by molar-refractivity contribution is 0.276. The van der Waals surface area contributed by atoms with E-state index in [0.29, 0.717) is 6.04 Å². The fourth-order valence-corrected chi connectivity index (χ4v) is 1.67. The maximum Gasteiger partial charge on any atom is 0.0957 e. The molecule has 0 amide bonds. The number of nitrogens with zero attached hydrogens (tertiary/aromatic N) is 2. The van der Waals surface area contributed by atoms with Gasteiger partial charge in [-0.05, 0) is 19.9 Å². The van der Waals surface area contributed by atoms with E-state index >= 15 is 0 Å². The highest BCUT2D eigenvalue weighted by Gasteiger charge is 2.10. The number of rotatable bonds is 2. The molecule has 3 heteroatoms. The predicted molar refractivity (Wildman–Crippen MR) is 56.0 cm³/mol. The molecule has 1 N–H and O–H groups in total. The van der Waals surface area contributed by atoms with Gasteiger partial charge in [0, 0.05) is 11.4 Å². The van der Waals surface area contributed by atoms with Gasteiger partial charge in [0.25, 0.3) is 0 Å². The van der Waals surface area contributed by atoms with Crippen LogP contribution in [0, 0.1) is 0 Å². The first-order valence-electron chi connectivity index (χ1n) is 4.81. The molecule has 0 fully saturated rings. The third kappa shape index (κ3) is 1.30. The van der Waals surface area contributed by atoms with Gasteiger partial charge in [-0.1, -0.05) is 18.2 Å². The minimum atomic E-state index is 0.000231. The molecule has 0 saturated carbocycles. The van der Waals surface area contributed by atoms with Gasteiger partial charge >= 0.3 is 0 Å². The van der Waals surface area contributed by atoms with Crippen molar-refractivity contribution in [3.05, 3.63) is 30.0 Å². The van der Waals surface area contributed by atoms with Crippen LogP contribution in [-0.2, 0) is 6.61 Å². The summed E-state index contributed by atoms with van der Waals surface area (Å²) < 4.78 is 1.95. The van der Waals surface area contributed by atoms with Gasteiger partial charge in [-0.2, -0.15) is 5.10 Å². The predicted octanol–water partition coefficient (Wildman–Crippen LogP) is 2.11. The van der Waals surface area contributed by atoms with E-state index in [1.807, 2.05) is 28.9 Å². The van der Waals surface area contributed by atoms with Crippen molar-refractivity contribution in [2.24, 2.45) is 0 Å². The molecular formula is C11H14N2O. The number of hydrogen-bond donors (Lipinski definition) is 1. The van der Waals surface area contributed by atoms with Crippen LogP contribution in [0.25, 0.3) is 10.9 Å². The van der Waals surface area contributed by atoms with Crippen molar-refractivity contribution < 1.29 is 5.11 Å². The molecule has 0 saturated heterocycles. The lowest BCUT2D eigenvalue weighted by Gasteiger charge is -2.05. The second kappa shape index (κ2) is 3.42. The topological polar surface area (TPSA) is 38.0 Å². The van der Waals surface area contributed by atoms with Crippen LogP contribution >= 0.6 is 0 Å². The lowest BCUT2D eigenvalue weighted by atomic mass is 10.2. The summed E-state index contributed by atoms with van der Waals surface area (Å²) in [7, 11) is 0. The Morgan fingerprint density at radius 3 is 2.71 bits per heavy atom. The highest BCUT2D eigenvalue weighted by atomic mass is 16.3. The van der Waals surface area contributed by atoms with E-state index in [1.54, 1.807) is 0 Å². The molecule has 0 aliphatic carbocycles. The molecule has 0 atom stereocenters. The molecule has 1 aromatic carbocycles. The number of aliphatic hydroxyl groups is 1. The van der Waals surface area contributed by atoms with E-state index in [2.05, 4.69) is 18.9 Å². The van der Waals surface area contributed by atoms with Gasteiger partial charge in [0.1, 0.15) is 0 Å². The maximum atomic E-state index is 9.15. The summed E-state index contributed by atoms with van der Waals surface area (Å²) in [6.45, 7) is 4.17. The van der Waals surface area contributed by atoms with Crippen molar-refractivity contribution in [3.63, 3.8) is 0 Å². The highest BCUT2D eigenvalue weighted by molar-refractivity contribution is 5.81. The van der Waals surface area contributed by atoms with Crippen molar-refractivity contribution in [1.29, 1.82) is 0 Å². The van der Waals surface area contributed by atoms with Gasteiger partial charge in [0.05, 0.1) is 17.8 Å². The molecule has 0 aliphatic rings. The second-order valence-corrected chi connectivity index (χ2v) is 3.66. The van der Waals surface area contributed by atoms with E-state index in [1.165, 1.54) is 0 Å². The summed E-state index contributed by atoms with van der Waals surface area (Å²) in [6, 6.07) is 8.30.